The molecule has 1 aromatic rings. The van der Waals surface area contributed by atoms with Crippen molar-refractivity contribution in [3.63, 3.8) is 0 Å². The van der Waals surface area contributed by atoms with Crippen LogP contribution in [0.2, 0.25) is 0 Å². The van der Waals surface area contributed by atoms with E-state index in [1.165, 1.54) is 5.56 Å². The molecule has 0 aliphatic carbocycles. The van der Waals surface area contributed by atoms with Crippen molar-refractivity contribution in [2.45, 2.75) is 52.6 Å². The third-order valence-electron chi connectivity index (χ3n) is 5.29. The van der Waals surface area contributed by atoms with E-state index in [0.29, 0.717) is 19.4 Å². The number of carbonyl (C=O) groups excluding carboxylic acids is 2. The number of piperazine rings is 1. The molecule has 1 heterocycles. The van der Waals surface area contributed by atoms with E-state index in [-0.39, 0.29) is 17.9 Å². The largest absolute Gasteiger partial charge is 0.340 e. The van der Waals surface area contributed by atoms with Crippen LogP contribution in [0.25, 0.3) is 0 Å². The normalized spacial score (nSPS) is 16.3. The fourth-order valence-electron chi connectivity index (χ4n) is 3.39. The topological polar surface area (TPSA) is 43.9 Å². The first kappa shape index (κ1) is 20.4. The molecule has 1 aliphatic rings. The minimum absolute atomic E-state index is 0.139. The Morgan fingerprint density at radius 3 is 2.31 bits per heavy atom. The van der Waals surface area contributed by atoms with Gasteiger partial charge >= 0.3 is 0 Å². The Labute approximate surface area is 158 Å². The maximum Gasteiger partial charge on any atom is 0.224 e. The zero-order chi connectivity index (χ0) is 18.9. The maximum absolute atomic E-state index is 12.6. The molecule has 0 radical (unpaired) electrons. The highest BCUT2D eigenvalue weighted by molar-refractivity contribution is 5.79. The molecule has 1 atom stereocenters. The van der Waals surface area contributed by atoms with Gasteiger partial charge in [0.2, 0.25) is 11.8 Å². The van der Waals surface area contributed by atoms with Gasteiger partial charge in [0.25, 0.3) is 0 Å². The minimum Gasteiger partial charge on any atom is -0.340 e. The van der Waals surface area contributed by atoms with Crippen molar-refractivity contribution in [2.75, 3.05) is 32.7 Å². The standard InChI is InChI=1S/C21H33N3O2/c1-4-18(3)24(20(25)5-2)12-11-21(26)23-15-13-22(14-16-23)17-19-9-7-6-8-10-19/h6-10,18H,4-5,11-17H2,1-3H3. The van der Waals surface area contributed by atoms with Crippen molar-refractivity contribution in [1.82, 2.24) is 14.7 Å². The Kier molecular flexibility index (Phi) is 8.10. The molecule has 1 aliphatic heterocycles. The maximum atomic E-state index is 12.6. The van der Waals surface area contributed by atoms with Crippen LogP contribution in [0.1, 0.15) is 45.6 Å². The Balaban J connectivity index is 1.77. The minimum atomic E-state index is 0.139. The molecule has 144 valence electrons. The molecule has 2 rings (SSSR count). The van der Waals surface area contributed by atoms with Crippen molar-refractivity contribution >= 4 is 11.8 Å². The van der Waals surface area contributed by atoms with E-state index >= 15 is 0 Å². The number of rotatable bonds is 8. The molecule has 0 aromatic heterocycles. The molecule has 1 saturated heterocycles. The number of nitrogens with zero attached hydrogens (tertiary/aromatic N) is 3. The zero-order valence-corrected chi connectivity index (χ0v) is 16.5. The van der Waals surface area contributed by atoms with Gasteiger partial charge in [-0.25, -0.2) is 0 Å². The fraction of sp³-hybridized carbons (Fsp3) is 0.619. The van der Waals surface area contributed by atoms with Crippen LogP contribution in [-0.4, -0.2) is 65.3 Å². The van der Waals surface area contributed by atoms with E-state index in [9.17, 15) is 9.59 Å². The highest BCUT2D eigenvalue weighted by Crippen LogP contribution is 2.11. The lowest BCUT2D eigenvalue weighted by Crippen LogP contribution is -2.49. The second-order valence-electron chi connectivity index (χ2n) is 7.09. The predicted molar refractivity (Wildman–Crippen MR) is 105 cm³/mol. The van der Waals surface area contributed by atoms with Crippen LogP contribution in [0.15, 0.2) is 30.3 Å². The van der Waals surface area contributed by atoms with Gasteiger partial charge in [-0.2, -0.15) is 0 Å². The summed E-state index contributed by atoms with van der Waals surface area (Å²) in [6, 6.07) is 10.6. The van der Waals surface area contributed by atoms with Gasteiger partial charge in [0, 0.05) is 58.2 Å². The monoisotopic (exact) mass is 359 g/mol. The summed E-state index contributed by atoms with van der Waals surface area (Å²) in [7, 11) is 0. The van der Waals surface area contributed by atoms with Gasteiger partial charge in [-0.15, -0.1) is 0 Å². The van der Waals surface area contributed by atoms with Crippen LogP contribution in [0.3, 0.4) is 0 Å². The van der Waals surface area contributed by atoms with E-state index in [4.69, 9.17) is 0 Å². The van der Waals surface area contributed by atoms with E-state index < -0.39 is 0 Å². The molecular formula is C21H33N3O2. The van der Waals surface area contributed by atoms with Crippen molar-refractivity contribution in [3.8, 4) is 0 Å². The molecule has 1 aromatic carbocycles. The smallest absolute Gasteiger partial charge is 0.224 e. The van der Waals surface area contributed by atoms with Gasteiger partial charge < -0.3 is 9.80 Å². The van der Waals surface area contributed by atoms with Gasteiger partial charge in [-0.3, -0.25) is 14.5 Å². The summed E-state index contributed by atoms with van der Waals surface area (Å²) in [5.74, 6) is 0.307. The highest BCUT2D eigenvalue weighted by Gasteiger charge is 2.23. The van der Waals surface area contributed by atoms with Gasteiger partial charge in [0.15, 0.2) is 0 Å². The quantitative estimate of drug-likeness (QED) is 0.717. The third-order valence-corrected chi connectivity index (χ3v) is 5.29. The summed E-state index contributed by atoms with van der Waals surface area (Å²) in [5.41, 5.74) is 1.31. The van der Waals surface area contributed by atoms with Crippen molar-refractivity contribution in [1.29, 1.82) is 0 Å². The molecule has 2 amide bonds. The first-order valence-corrected chi connectivity index (χ1v) is 9.88. The van der Waals surface area contributed by atoms with Crippen molar-refractivity contribution in [3.05, 3.63) is 35.9 Å². The van der Waals surface area contributed by atoms with Crippen LogP contribution >= 0.6 is 0 Å². The number of carbonyl (C=O) groups is 2. The summed E-state index contributed by atoms with van der Waals surface area (Å²) < 4.78 is 0. The highest BCUT2D eigenvalue weighted by atomic mass is 16.2. The second kappa shape index (κ2) is 10.3. The SMILES string of the molecule is CCC(=O)N(CCC(=O)N1CCN(Cc2ccccc2)CC1)C(C)CC. The molecule has 5 nitrogen and oxygen atoms in total. The van der Waals surface area contributed by atoms with Crippen molar-refractivity contribution in [2.24, 2.45) is 0 Å². The molecule has 1 fully saturated rings. The Bertz CT molecular complexity index is 568. The molecule has 0 saturated carbocycles. The lowest BCUT2D eigenvalue weighted by Gasteiger charge is -2.35. The average molecular weight is 360 g/mol. The van der Waals surface area contributed by atoms with E-state index in [0.717, 1.165) is 39.1 Å². The molecule has 26 heavy (non-hydrogen) atoms. The molecule has 1 unspecified atom stereocenters. The van der Waals surface area contributed by atoms with Gasteiger partial charge in [0.05, 0.1) is 0 Å². The number of hydrogen-bond acceptors (Lipinski definition) is 3. The first-order valence-electron chi connectivity index (χ1n) is 9.88. The molecule has 5 heteroatoms. The van der Waals surface area contributed by atoms with Gasteiger partial charge in [0.1, 0.15) is 0 Å². The van der Waals surface area contributed by atoms with E-state index in [1.807, 2.05) is 22.8 Å². The number of amides is 2. The summed E-state index contributed by atoms with van der Waals surface area (Å²) in [6.45, 7) is 10.8. The van der Waals surface area contributed by atoms with Crippen LogP contribution in [0, 0.1) is 0 Å². The fourth-order valence-corrected chi connectivity index (χ4v) is 3.39. The third kappa shape index (κ3) is 5.84. The predicted octanol–water partition coefficient (Wildman–Crippen LogP) is 2.76. The molecule has 0 spiro atoms. The lowest BCUT2D eigenvalue weighted by molar-refractivity contribution is -0.136. The number of benzene rings is 1. The van der Waals surface area contributed by atoms with Crippen LogP contribution < -0.4 is 0 Å². The van der Waals surface area contributed by atoms with Crippen LogP contribution in [0.5, 0.6) is 0 Å². The average Bonchev–Trinajstić information content (AvgIpc) is 2.68. The van der Waals surface area contributed by atoms with Crippen LogP contribution in [0.4, 0.5) is 0 Å². The summed E-state index contributed by atoms with van der Waals surface area (Å²) >= 11 is 0. The Morgan fingerprint density at radius 2 is 1.73 bits per heavy atom. The van der Waals surface area contributed by atoms with Gasteiger partial charge in [-0.1, -0.05) is 44.2 Å². The second-order valence-corrected chi connectivity index (χ2v) is 7.09. The summed E-state index contributed by atoms with van der Waals surface area (Å²) in [6.07, 6.45) is 1.84. The van der Waals surface area contributed by atoms with E-state index in [2.05, 4.69) is 43.0 Å². The van der Waals surface area contributed by atoms with E-state index in [1.54, 1.807) is 0 Å². The molecule has 0 N–H and O–H groups in total. The molecular weight excluding hydrogens is 326 g/mol. The molecule has 0 bridgehead atoms. The van der Waals surface area contributed by atoms with Crippen molar-refractivity contribution < 1.29 is 9.59 Å². The summed E-state index contributed by atoms with van der Waals surface area (Å²) in [5, 5.41) is 0. The first-order chi connectivity index (χ1) is 12.5. The van der Waals surface area contributed by atoms with Crippen LogP contribution in [-0.2, 0) is 16.1 Å². The number of hydrogen-bond donors (Lipinski definition) is 0. The Morgan fingerprint density at radius 1 is 1.08 bits per heavy atom. The zero-order valence-electron chi connectivity index (χ0n) is 16.5. The lowest BCUT2D eigenvalue weighted by atomic mass is 10.1. The summed E-state index contributed by atoms with van der Waals surface area (Å²) in [4.78, 5) is 30.9. The Hall–Kier alpha value is -1.88. The van der Waals surface area contributed by atoms with Gasteiger partial charge in [-0.05, 0) is 18.9 Å².